The van der Waals surface area contributed by atoms with Gasteiger partial charge in [-0.1, -0.05) is 13.3 Å². The lowest BCUT2D eigenvalue weighted by atomic mass is 10.0. The summed E-state index contributed by atoms with van der Waals surface area (Å²) in [4.78, 5) is 14.2. The number of carbonyl (C=O) groups excluding carboxylic acids is 1. The van der Waals surface area contributed by atoms with E-state index in [2.05, 4.69) is 6.92 Å². The average molecular weight is 276 g/mol. The van der Waals surface area contributed by atoms with Crippen LogP contribution in [-0.2, 0) is 0 Å². The monoisotopic (exact) mass is 276 g/mol. The molecule has 1 aliphatic rings. The number of hydrogen-bond acceptors (Lipinski definition) is 3. The highest BCUT2D eigenvalue weighted by atomic mass is 16.5. The van der Waals surface area contributed by atoms with E-state index in [0.717, 1.165) is 56.7 Å². The third kappa shape index (κ3) is 3.97. The first-order valence-electron chi connectivity index (χ1n) is 7.48. The van der Waals surface area contributed by atoms with Crippen molar-refractivity contribution in [2.75, 3.05) is 19.7 Å². The molecule has 0 bridgehead atoms. The van der Waals surface area contributed by atoms with Crippen molar-refractivity contribution in [3.63, 3.8) is 0 Å². The summed E-state index contributed by atoms with van der Waals surface area (Å²) in [5, 5.41) is 0. The number of hydrogen-bond donors (Lipinski definition) is 1. The van der Waals surface area contributed by atoms with Gasteiger partial charge in [-0.25, -0.2) is 0 Å². The predicted molar refractivity (Wildman–Crippen MR) is 80.0 cm³/mol. The number of carbonyl (C=O) groups is 1. The molecule has 0 atom stereocenters. The number of piperidine rings is 1. The van der Waals surface area contributed by atoms with Crippen LogP contribution in [0.3, 0.4) is 0 Å². The zero-order valence-corrected chi connectivity index (χ0v) is 12.2. The standard InChI is InChI=1S/C16H24N2O2/c1-2-3-12-20-15-6-4-13(5-7-15)16(19)18-10-8-14(17)9-11-18/h4-7,14H,2-3,8-12,17H2,1H3. The van der Waals surface area contributed by atoms with E-state index in [0.29, 0.717) is 0 Å². The lowest BCUT2D eigenvalue weighted by Crippen LogP contribution is -2.42. The number of amides is 1. The first kappa shape index (κ1) is 14.9. The van der Waals surface area contributed by atoms with E-state index in [-0.39, 0.29) is 11.9 Å². The largest absolute Gasteiger partial charge is 0.494 e. The molecule has 1 aromatic rings. The lowest BCUT2D eigenvalue weighted by Gasteiger charge is -2.30. The molecular formula is C16H24N2O2. The highest BCUT2D eigenvalue weighted by Crippen LogP contribution is 2.16. The fourth-order valence-electron chi connectivity index (χ4n) is 2.31. The lowest BCUT2D eigenvalue weighted by molar-refractivity contribution is 0.0714. The molecule has 110 valence electrons. The molecule has 20 heavy (non-hydrogen) atoms. The van der Waals surface area contributed by atoms with Crippen molar-refractivity contribution in [3.8, 4) is 5.75 Å². The zero-order valence-electron chi connectivity index (χ0n) is 12.2. The van der Waals surface area contributed by atoms with Crippen molar-refractivity contribution < 1.29 is 9.53 Å². The smallest absolute Gasteiger partial charge is 0.253 e. The van der Waals surface area contributed by atoms with Gasteiger partial charge < -0.3 is 15.4 Å². The van der Waals surface area contributed by atoms with E-state index in [4.69, 9.17) is 10.5 Å². The Morgan fingerprint density at radius 3 is 2.55 bits per heavy atom. The van der Waals surface area contributed by atoms with Crippen molar-refractivity contribution in [1.29, 1.82) is 0 Å². The molecule has 0 aliphatic carbocycles. The van der Waals surface area contributed by atoms with Gasteiger partial charge in [0.25, 0.3) is 5.91 Å². The summed E-state index contributed by atoms with van der Waals surface area (Å²) in [6, 6.07) is 7.68. The van der Waals surface area contributed by atoms with Crippen LogP contribution in [0.5, 0.6) is 5.75 Å². The molecule has 4 nitrogen and oxygen atoms in total. The average Bonchev–Trinajstić information content (AvgIpc) is 2.48. The molecule has 2 N–H and O–H groups in total. The Kier molecular flexibility index (Phi) is 5.41. The van der Waals surface area contributed by atoms with Crippen LogP contribution in [0.2, 0.25) is 0 Å². The summed E-state index contributed by atoms with van der Waals surface area (Å²) in [7, 11) is 0. The van der Waals surface area contributed by atoms with Gasteiger partial charge in [0.05, 0.1) is 6.61 Å². The minimum atomic E-state index is 0.0945. The molecular weight excluding hydrogens is 252 g/mol. The number of ether oxygens (including phenoxy) is 1. The highest BCUT2D eigenvalue weighted by molar-refractivity contribution is 5.94. The van der Waals surface area contributed by atoms with Crippen LogP contribution in [0.15, 0.2) is 24.3 Å². The maximum absolute atomic E-state index is 12.3. The quantitative estimate of drug-likeness (QED) is 0.840. The SMILES string of the molecule is CCCCOc1ccc(C(=O)N2CCC(N)CC2)cc1. The van der Waals surface area contributed by atoms with Crippen LogP contribution in [-0.4, -0.2) is 36.5 Å². The van der Waals surface area contributed by atoms with Gasteiger partial charge in [0.1, 0.15) is 5.75 Å². The van der Waals surface area contributed by atoms with Gasteiger partial charge in [-0.15, -0.1) is 0 Å². The molecule has 4 heteroatoms. The molecule has 1 amide bonds. The van der Waals surface area contributed by atoms with Gasteiger partial charge in [0.15, 0.2) is 0 Å². The van der Waals surface area contributed by atoms with Crippen LogP contribution in [0, 0.1) is 0 Å². The molecule has 1 fully saturated rings. The second-order valence-electron chi connectivity index (χ2n) is 5.36. The Hall–Kier alpha value is -1.55. The van der Waals surface area contributed by atoms with E-state index < -0.39 is 0 Å². The van der Waals surface area contributed by atoms with E-state index in [9.17, 15) is 4.79 Å². The van der Waals surface area contributed by atoms with Crippen molar-refractivity contribution in [2.45, 2.75) is 38.6 Å². The second kappa shape index (κ2) is 7.29. The predicted octanol–water partition coefficient (Wildman–Crippen LogP) is 2.43. The van der Waals surface area contributed by atoms with Crippen LogP contribution < -0.4 is 10.5 Å². The van der Waals surface area contributed by atoms with E-state index >= 15 is 0 Å². The third-order valence-corrected chi connectivity index (χ3v) is 3.69. The van der Waals surface area contributed by atoms with Gasteiger partial charge in [0, 0.05) is 24.7 Å². The number of likely N-dealkylation sites (tertiary alicyclic amines) is 1. The van der Waals surface area contributed by atoms with Gasteiger partial charge in [0.2, 0.25) is 0 Å². The van der Waals surface area contributed by atoms with Gasteiger partial charge >= 0.3 is 0 Å². The Morgan fingerprint density at radius 1 is 1.30 bits per heavy atom. The topological polar surface area (TPSA) is 55.6 Å². The van der Waals surface area contributed by atoms with E-state index in [1.165, 1.54) is 0 Å². The molecule has 0 aromatic heterocycles. The molecule has 0 saturated carbocycles. The summed E-state index contributed by atoms with van der Waals surface area (Å²) >= 11 is 0. The minimum absolute atomic E-state index is 0.0945. The highest BCUT2D eigenvalue weighted by Gasteiger charge is 2.21. The maximum atomic E-state index is 12.3. The van der Waals surface area contributed by atoms with Gasteiger partial charge in [-0.3, -0.25) is 4.79 Å². The Morgan fingerprint density at radius 2 is 1.95 bits per heavy atom. The number of unbranched alkanes of at least 4 members (excludes halogenated alkanes) is 1. The minimum Gasteiger partial charge on any atom is -0.494 e. The van der Waals surface area contributed by atoms with Crippen LogP contribution in [0.4, 0.5) is 0 Å². The van der Waals surface area contributed by atoms with Crippen molar-refractivity contribution in [1.82, 2.24) is 4.90 Å². The summed E-state index contributed by atoms with van der Waals surface area (Å²) in [5.41, 5.74) is 6.58. The molecule has 0 spiro atoms. The summed E-state index contributed by atoms with van der Waals surface area (Å²) in [6.07, 6.45) is 3.95. The molecule has 1 saturated heterocycles. The van der Waals surface area contributed by atoms with E-state index in [1.807, 2.05) is 29.2 Å². The molecule has 1 aliphatic heterocycles. The molecule has 2 rings (SSSR count). The van der Waals surface area contributed by atoms with Crippen molar-refractivity contribution in [2.24, 2.45) is 5.73 Å². The summed E-state index contributed by atoms with van der Waals surface area (Å²) in [6.45, 7) is 4.38. The fourth-order valence-corrected chi connectivity index (χ4v) is 2.31. The summed E-state index contributed by atoms with van der Waals surface area (Å²) < 4.78 is 5.60. The number of rotatable bonds is 5. The number of nitrogens with two attached hydrogens (primary N) is 1. The van der Waals surface area contributed by atoms with Gasteiger partial charge in [-0.05, 0) is 43.5 Å². The third-order valence-electron chi connectivity index (χ3n) is 3.69. The van der Waals surface area contributed by atoms with Crippen LogP contribution in [0.25, 0.3) is 0 Å². The molecule has 1 heterocycles. The molecule has 1 aromatic carbocycles. The molecule has 0 unspecified atom stereocenters. The Bertz CT molecular complexity index is 423. The Balaban J connectivity index is 1.90. The Labute approximate surface area is 120 Å². The summed E-state index contributed by atoms with van der Waals surface area (Å²) in [5.74, 6) is 0.924. The maximum Gasteiger partial charge on any atom is 0.253 e. The fraction of sp³-hybridized carbons (Fsp3) is 0.562. The number of benzene rings is 1. The second-order valence-corrected chi connectivity index (χ2v) is 5.36. The van der Waals surface area contributed by atoms with Crippen LogP contribution >= 0.6 is 0 Å². The van der Waals surface area contributed by atoms with Gasteiger partial charge in [-0.2, -0.15) is 0 Å². The first-order chi connectivity index (χ1) is 9.70. The molecule has 0 radical (unpaired) electrons. The van der Waals surface area contributed by atoms with E-state index in [1.54, 1.807) is 0 Å². The van der Waals surface area contributed by atoms with Crippen molar-refractivity contribution in [3.05, 3.63) is 29.8 Å². The zero-order chi connectivity index (χ0) is 14.4. The first-order valence-corrected chi connectivity index (χ1v) is 7.48. The van der Waals surface area contributed by atoms with Crippen molar-refractivity contribution >= 4 is 5.91 Å². The van der Waals surface area contributed by atoms with Crippen LogP contribution in [0.1, 0.15) is 43.0 Å². The number of nitrogens with zero attached hydrogens (tertiary/aromatic N) is 1. The normalized spacial score (nSPS) is 16.2.